The summed E-state index contributed by atoms with van der Waals surface area (Å²) in [4.78, 5) is 0. The lowest BCUT2D eigenvalue weighted by Crippen LogP contribution is -2.39. The third-order valence-electron chi connectivity index (χ3n) is 1.30. The molecule has 80 valence electrons. The second-order valence-corrected chi connectivity index (χ2v) is 2.97. The van der Waals surface area contributed by atoms with Crippen LogP contribution in [-0.2, 0) is 4.74 Å². The number of ether oxygens (including phenoxy) is 1. The Morgan fingerprint density at radius 2 is 1.69 bits per heavy atom. The topological polar surface area (TPSA) is 9.23 Å². The third-order valence-corrected chi connectivity index (χ3v) is 1.30. The maximum Gasteiger partial charge on any atom is 0.268 e. The highest BCUT2D eigenvalue weighted by molar-refractivity contribution is 4.73. The molecule has 0 amide bonds. The predicted molar refractivity (Wildman–Crippen MR) is 37.0 cm³/mol. The molecule has 0 spiro atoms. The highest BCUT2D eigenvalue weighted by Crippen LogP contribution is 2.24. The zero-order valence-corrected chi connectivity index (χ0v) is 7.29. The first-order valence-corrected chi connectivity index (χ1v) is 3.60. The summed E-state index contributed by atoms with van der Waals surface area (Å²) in [6.07, 6.45) is -2.55. The van der Waals surface area contributed by atoms with Gasteiger partial charge in [0.25, 0.3) is 5.92 Å². The van der Waals surface area contributed by atoms with Gasteiger partial charge in [-0.05, 0) is 6.92 Å². The quantitative estimate of drug-likeness (QED) is 0.628. The number of hydrogen-bond acceptors (Lipinski definition) is 1. The molecule has 2 unspecified atom stereocenters. The molecule has 0 aliphatic heterocycles. The van der Waals surface area contributed by atoms with Crippen LogP contribution in [0, 0.1) is 0 Å². The Morgan fingerprint density at radius 3 is 2.00 bits per heavy atom. The molecule has 0 aromatic rings. The van der Waals surface area contributed by atoms with Gasteiger partial charge in [-0.2, -0.15) is 0 Å². The molecule has 0 aromatic heterocycles. The van der Waals surface area contributed by atoms with Crippen LogP contribution >= 0.6 is 0 Å². The molecule has 0 N–H and O–H groups in total. The maximum atomic E-state index is 12.8. The Labute approximate surface area is 72.9 Å². The van der Waals surface area contributed by atoms with Gasteiger partial charge in [0.15, 0.2) is 6.17 Å². The van der Waals surface area contributed by atoms with Crippen molar-refractivity contribution in [3.05, 3.63) is 0 Å². The van der Waals surface area contributed by atoms with Gasteiger partial charge in [0.1, 0.15) is 13.3 Å². The highest BCUT2D eigenvalue weighted by atomic mass is 19.3. The van der Waals surface area contributed by atoms with Crippen molar-refractivity contribution in [3.8, 4) is 0 Å². The van der Waals surface area contributed by atoms with Crippen molar-refractivity contribution < 1.29 is 26.7 Å². The Bertz CT molecular complexity index is 153. The van der Waals surface area contributed by atoms with E-state index in [0.717, 1.165) is 0 Å². The van der Waals surface area contributed by atoms with Gasteiger partial charge in [0.05, 0.1) is 0 Å². The summed E-state index contributed by atoms with van der Waals surface area (Å²) in [6, 6.07) is 0. The molecule has 0 heterocycles. The van der Waals surface area contributed by atoms with Gasteiger partial charge < -0.3 is 4.74 Å². The van der Waals surface area contributed by atoms with Gasteiger partial charge >= 0.3 is 0 Å². The Morgan fingerprint density at radius 1 is 1.23 bits per heavy atom. The zero-order chi connectivity index (χ0) is 10.7. The summed E-state index contributed by atoms with van der Waals surface area (Å²) >= 11 is 0. The van der Waals surface area contributed by atoms with E-state index in [4.69, 9.17) is 0 Å². The highest BCUT2D eigenvalue weighted by Gasteiger charge is 2.38. The van der Waals surface area contributed by atoms with E-state index in [2.05, 4.69) is 4.74 Å². The SMILES string of the molecule is CC(F)(F)COC(C)(F)C(F)CF. The van der Waals surface area contributed by atoms with Crippen molar-refractivity contribution in [3.63, 3.8) is 0 Å². The molecule has 0 aliphatic rings. The van der Waals surface area contributed by atoms with E-state index in [1.54, 1.807) is 0 Å². The van der Waals surface area contributed by atoms with Crippen molar-refractivity contribution in [1.82, 2.24) is 0 Å². The standard InChI is InChI=1S/C7H11F5O/c1-6(10,11)4-13-7(2,12)5(9)3-8/h5H,3-4H2,1-2H3. The van der Waals surface area contributed by atoms with Crippen molar-refractivity contribution in [2.45, 2.75) is 31.8 Å². The van der Waals surface area contributed by atoms with Crippen molar-refractivity contribution in [2.75, 3.05) is 13.3 Å². The molecule has 0 radical (unpaired) electrons. The van der Waals surface area contributed by atoms with Gasteiger partial charge in [-0.15, -0.1) is 0 Å². The Kier molecular flexibility index (Phi) is 4.09. The lowest BCUT2D eigenvalue weighted by Gasteiger charge is -2.24. The predicted octanol–water partition coefficient (Wildman–Crippen LogP) is 2.65. The van der Waals surface area contributed by atoms with E-state index in [0.29, 0.717) is 13.8 Å². The molecular formula is C7H11F5O. The van der Waals surface area contributed by atoms with Crippen molar-refractivity contribution in [1.29, 1.82) is 0 Å². The second-order valence-electron chi connectivity index (χ2n) is 2.97. The molecule has 0 fully saturated rings. The normalized spacial score (nSPS) is 19.6. The van der Waals surface area contributed by atoms with Gasteiger partial charge in [-0.1, -0.05) is 0 Å². The van der Waals surface area contributed by atoms with Crippen LogP contribution in [-0.4, -0.2) is 31.2 Å². The fourth-order valence-corrected chi connectivity index (χ4v) is 0.496. The van der Waals surface area contributed by atoms with Crippen molar-refractivity contribution in [2.24, 2.45) is 0 Å². The van der Waals surface area contributed by atoms with Crippen LogP contribution in [0.2, 0.25) is 0 Å². The molecular weight excluding hydrogens is 195 g/mol. The number of halogens is 5. The number of hydrogen-bond donors (Lipinski definition) is 0. The van der Waals surface area contributed by atoms with Crippen LogP contribution < -0.4 is 0 Å². The van der Waals surface area contributed by atoms with E-state index in [1.165, 1.54) is 0 Å². The number of alkyl halides is 5. The van der Waals surface area contributed by atoms with Crippen LogP contribution in [0.25, 0.3) is 0 Å². The first-order valence-electron chi connectivity index (χ1n) is 3.60. The van der Waals surface area contributed by atoms with E-state index < -0.39 is 31.2 Å². The molecule has 0 aliphatic carbocycles. The number of rotatable bonds is 5. The summed E-state index contributed by atoms with van der Waals surface area (Å²) in [6.45, 7) is -1.82. The minimum atomic E-state index is -3.26. The molecule has 2 atom stereocenters. The fourth-order valence-electron chi connectivity index (χ4n) is 0.496. The zero-order valence-electron chi connectivity index (χ0n) is 7.29. The van der Waals surface area contributed by atoms with Gasteiger partial charge in [0.2, 0.25) is 5.85 Å². The molecule has 6 heteroatoms. The molecule has 0 aromatic carbocycles. The average Bonchev–Trinajstić information content (AvgIpc) is 1.98. The summed E-state index contributed by atoms with van der Waals surface area (Å²) in [5, 5.41) is 0. The summed E-state index contributed by atoms with van der Waals surface area (Å²) in [7, 11) is 0. The van der Waals surface area contributed by atoms with E-state index in [-0.39, 0.29) is 0 Å². The minimum Gasteiger partial charge on any atom is -0.337 e. The van der Waals surface area contributed by atoms with Crippen LogP contribution in [0.1, 0.15) is 13.8 Å². The van der Waals surface area contributed by atoms with E-state index in [1.807, 2.05) is 0 Å². The monoisotopic (exact) mass is 206 g/mol. The maximum absolute atomic E-state index is 12.8. The van der Waals surface area contributed by atoms with Crippen LogP contribution in [0.3, 0.4) is 0 Å². The molecule has 0 saturated carbocycles. The van der Waals surface area contributed by atoms with Crippen LogP contribution in [0.15, 0.2) is 0 Å². The minimum absolute atomic E-state index is 0.492. The van der Waals surface area contributed by atoms with Crippen molar-refractivity contribution >= 4 is 0 Å². The third kappa shape index (κ3) is 5.02. The second kappa shape index (κ2) is 4.21. The molecule has 0 bridgehead atoms. The molecule has 1 nitrogen and oxygen atoms in total. The smallest absolute Gasteiger partial charge is 0.268 e. The Hall–Kier alpha value is -0.390. The lowest BCUT2D eigenvalue weighted by molar-refractivity contribution is -0.212. The van der Waals surface area contributed by atoms with Gasteiger partial charge in [-0.25, -0.2) is 22.0 Å². The molecule has 0 saturated heterocycles. The van der Waals surface area contributed by atoms with E-state index in [9.17, 15) is 22.0 Å². The summed E-state index contributed by atoms with van der Waals surface area (Å²) in [5.41, 5.74) is 0. The summed E-state index contributed by atoms with van der Waals surface area (Å²) in [5.74, 6) is -6.27. The molecule has 13 heavy (non-hydrogen) atoms. The Balaban J connectivity index is 4.03. The van der Waals surface area contributed by atoms with Crippen LogP contribution in [0.4, 0.5) is 22.0 Å². The lowest BCUT2D eigenvalue weighted by atomic mass is 10.2. The fraction of sp³-hybridized carbons (Fsp3) is 1.00. The van der Waals surface area contributed by atoms with Gasteiger partial charge in [-0.3, -0.25) is 0 Å². The largest absolute Gasteiger partial charge is 0.337 e. The van der Waals surface area contributed by atoms with E-state index >= 15 is 0 Å². The van der Waals surface area contributed by atoms with Crippen LogP contribution in [0.5, 0.6) is 0 Å². The first-order chi connectivity index (χ1) is 5.69. The first kappa shape index (κ1) is 12.6. The molecule has 0 rings (SSSR count). The average molecular weight is 206 g/mol. The van der Waals surface area contributed by atoms with Gasteiger partial charge in [0, 0.05) is 6.92 Å². The summed E-state index contributed by atoms with van der Waals surface area (Å²) < 4.78 is 65.0.